The predicted molar refractivity (Wildman–Crippen MR) is 301 cm³/mol. The summed E-state index contributed by atoms with van der Waals surface area (Å²) in [5, 5.41) is 71.4. The van der Waals surface area contributed by atoms with Gasteiger partial charge >= 0.3 is 5.97 Å². The van der Waals surface area contributed by atoms with E-state index in [1.807, 2.05) is 0 Å². The van der Waals surface area contributed by atoms with Crippen LogP contribution >= 0.6 is 21.6 Å². The van der Waals surface area contributed by atoms with E-state index in [1.54, 1.807) is 13.8 Å². The summed E-state index contributed by atoms with van der Waals surface area (Å²) in [4.78, 5) is 168. The number of carboxylic acid groups (broad SMARTS) is 1. The predicted octanol–water partition coefficient (Wildman–Crippen LogP) is -4.88. The second-order valence-corrected chi connectivity index (χ2v) is 23.2. The van der Waals surface area contributed by atoms with Gasteiger partial charge in [0.05, 0.1) is 31.4 Å². The molecular formula is C52H80N12O17S2. The van der Waals surface area contributed by atoms with E-state index in [9.17, 15) is 83.1 Å². The van der Waals surface area contributed by atoms with Gasteiger partial charge < -0.3 is 88.8 Å². The minimum atomic E-state index is -1.80. The summed E-state index contributed by atoms with van der Waals surface area (Å²) in [6.07, 6.45) is -0.719. The normalized spacial score (nSPS) is 26.6. The number of aliphatic hydroxyl groups is 3. The maximum absolute atomic E-state index is 14.6. The molecule has 0 radical (unpaired) electrons. The minimum absolute atomic E-state index is 0.0597. The summed E-state index contributed by atoms with van der Waals surface area (Å²) in [7, 11) is 1.70. The lowest BCUT2D eigenvalue weighted by molar-refractivity contribution is -0.149. The van der Waals surface area contributed by atoms with E-state index in [1.165, 1.54) is 34.1 Å². The molecule has 0 bridgehead atoms. The molecule has 17 N–H and O–H groups in total. The van der Waals surface area contributed by atoms with E-state index >= 15 is 0 Å². The van der Waals surface area contributed by atoms with Gasteiger partial charge in [0, 0.05) is 37.4 Å². The number of aliphatic carboxylic acids is 1. The Labute approximate surface area is 487 Å². The van der Waals surface area contributed by atoms with Gasteiger partial charge in [0.15, 0.2) is 0 Å². The van der Waals surface area contributed by atoms with Crippen molar-refractivity contribution in [2.24, 2.45) is 17.4 Å². The number of benzene rings is 1. The number of primary amides is 1. The Morgan fingerprint density at radius 3 is 1.92 bits per heavy atom. The van der Waals surface area contributed by atoms with E-state index in [-0.39, 0.29) is 63.2 Å². The first kappa shape index (κ1) is 68.9. The Hall–Kier alpha value is -6.64. The molecule has 462 valence electrons. The number of hydrogen-bond acceptors (Lipinski definition) is 20. The maximum atomic E-state index is 14.6. The van der Waals surface area contributed by atoms with Crippen LogP contribution in [0.25, 0.3) is 0 Å². The molecule has 0 saturated carbocycles. The van der Waals surface area contributed by atoms with Crippen molar-refractivity contribution in [3.05, 3.63) is 29.8 Å². The first-order chi connectivity index (χ1) is 39.5. The van der Waals surface area contributed by atoms with Gasteiger partial charge in [-0.05, 0) is 88.4 Å². The minimum Gasteiger partial charge on any atom is -0.508 e. The average Bonchev–Trinajstić information content (AvgIpc) is 4.26. The van der Waals surface area contributed by atoms with Crippen LogP contribution in [0.15, 0.2) is 24.3 Å². The van der Waals surface area contributed by atoms with Crippen molar-refractivity contribution in [3.8, 4) is 5.75 Å². The number of fused-ring (bicyclic) bond motifs is 2. The van der Waals surface area contributed by atoms with Crippen molar-refractivity contribution in [3.63, 3.8) is 0 Å². The van der Waals surface area contributed by atoms with Gasteiger partial charge in [0.1, 0.15) is 66.4 Å². The lowest BCUT2D eigenvalue weighted by Crippen LogP contribution is -2.62. The van der Waals surface area contributed by atoms with Crippen LogP contribution in [0, 0.1) is 5.92 Å². The fraction of sp³-hybridized carbons (Fsp3) is 0.654. The number of unbranched alkanes of at least 4 members (excludes halogenated alkanes) is 1. The van der Waals surface area contributed by atoms with Crippen molar-refractivity contribution in [1.82, 2.24) is 52.3 Å². The molecule has 0 unspecified atom stereocenters. The Morgan fingerprint density at radius 2 is 1.33 bits per heavy atom. The number of hydrogen-bond donors (Lipinski definition) is 15. The van der Waals surface area contributed by atoms with Crippen LogP contribution in [0.2, 0.25) is 0 Å². The maximum Gasteiger partial charge on any atom is 0.326 e. The lowest BCUT2D eigenvalue weighted by Gasteiger charge is -2.35. The summed E-state index contributed by atoms with van der Waals surface area (Å²) in [6, 6.07) is -10.8. The Bertz CT molecular complexity index is 2450. The van der Waals surface area contributed by atoms with Crippen molar-refractivity contribution in [2.75, 3.05) is 44.4 Å². The van der Waals surface area contributed by atoms with Crippen LogP contribution in [-0.4, -0.2) is 224 Å². The Balaban J connectivity index is 1.81. The number of nitrogens with one attached hydrogen (secondary N) is 8. The second-order valence-electron chi connectivity index (χ2n) is 20.7. The SMILES string of the molecule is CC[C@H](C)[C@@H]1NC(=O)[C@H](CO)NC(=O)[C@H](CCCCN)NC(=O)[C@H]([C@@H](C)O)NC(=O)[C@@H](N[C@H](C=O)CO)CSSC[C@@H](C(=O)N[C@@H](Cc2ccc(O)cc2)C(=O)O)NC(=O)[C@H](CCC(N)=O)NC(=O)[C@@H]2CCCN2C(=O)[C@@H]2CCCN2C1=O. The average molecular weight is 1210 g/mol. The number of carbonyl (C=O) groups is 12. The highest BCUT2D eigenvalue weighted by molar-refractivity contribution is 8.76. The highest BCUT2D eigenvalue weighted by Crippen LogP contribution is 2.28. The molecule has 3 saturated heterocycles. The number of nitrogens with two attached hydrogens (primary N) is 2. The summed E-state index contributed by atoms with van der Waals surface area (Å²) in [5.74, 6) is -12.1. The highest BCUT2D eigenvalue weighted by atomic mass is 33.1. The number of rotatable bonds is 20. The third kappa shape index (κ3) is 20.6. The van der Waals surface area contributed by atoms with Crippen LogP contribution in [0.4, 0.5) is 0 Å². The van der Waals surface area contributed by atoms with Crippen LogP contribution < -0.4 is 54.0 Å². The van der Waals surface area contributed by atoms with Gasteiger partial charge in [0.25, 0.3) is 0 Å². The molecule has 31 heteroatoms. The molecule has 1 aromatic rings. The number of carboxylic acids is 1. The molecule has 3 aliphatic rings. The zero-order valence-corrected chi connectivity index (χ0v) is 48.3. The third-order valence-corrected chi connectivity index (χ3v) is 16.9. The van der Waals surface area contributed by atoms with E-state index in [4.69, 9.17) is 11.5 Å². The molecule has 29 nitrogen and oxygen atoms in total. The molecule has 1 aromatic carbocycles. The number of aromatic hydroxyl groups is 1. The number of amides is 10. The molecule has 0 aliphatic carbocycles. The molecule has 3 fully saturated rings. The van der Waals surface area contributed by atoms with Gasteiger partial charge in [-0.2, -0.15) is 0 Å². The number of aldehydes is 1. The summed E-state index contributed by atoms with van der Waals surface area (Å²) in [5.41, 5.74) is 11.6. The molecule has 3 heterocycles. The lowest BCUT2D eigenvalue weighted by atomic mass is 9.96. The van der Waals surface area contributed by atoms with E-state index in [0.29, 0.717) is 37.5 Å². The summed E-state index contributed by atoms with van der Waals surface area (Å²) < 4.78 is 0. The molecule has 10 amide bonds. The Morgan fingerprint density at radius 1 is 0.747 bits per heavy atom. The molecule has 3 aliphatic heterocycles. The third-order valence-electron chi connectivity index (χ3n) is 14.5. The standard InChI is InChI=1S/C52H80N12O17S2/c1-4-27(2)41-51(79)64-20-8-11-39(64)50(78)63-19-7-10-38(63)48(76)56-33(16-17-40(54)70)44(72)60-37(46(74)58-34(52(80)81)21-29-12-14-31(69)15-13-29)26-83-82-25-36(55-30(22-65)23-66)47(75)62-42(28(3)68)49(77)57-32(9-5-6-18-53)43(71)59-35(24-67)45(73)61-41/h12-15,22,27-28,30,32-39,41-42,55,66-69H,4-11,16-21,23-26,53H2,1-3H3,(H2,54,70)(H,56,76)(H,57,77)(H,58,74)(H,59,71)(H,60,72)(H,61,73)(H,62,75)(H,80,81)/t27-,28+,30+,32-,33-,34-,35-,36-,37-,38-,39-,41-,42-/m0/s1. The molecule has 83 heavy (non-hydrogen) atoms. The van der Waals surface area contributed by atoms with E-state index < -0.39 is 175 Å². The highest BCUT2D eigenvalue weighted by Gasteiger charge is 2.45. The van der Waals surface area contributed by atoms with Crippen molar-refractivity contribution in [2.45, 2.75) is 164 Å². The zero-order chi connectivity index (χ0) is 61.5. The fourth-order valence-corrected chi connectivity index (χ4v) is 11.8. The molecular weight excluding hydrogens is 1130 g/mol. The van der Waals surface area contributed by atoms with Crippen molar-refractivity contribution in [1.29, 1.82) is 0 Å². The number of aliphatic hydroxyl groups excluding tert-OH is 3. The molecule has 13 atom stereocenters. The zero-order valence-electron chi connectivity index (χ0n) is 46.6. The van der Waals surface area contributed by atoms with Crippen LogP contribution in [0.5, 0.6) is 5.75 Å². The van der Waals surface area contributed by atoms with Crippen molar-refractivity contribution >= 4 is 92.9 Å². The Kier molecular flexibility index (Phi) is 28.4. The smallest absolute Gasteiger partial charge is 0.326 e. The number of carbonyl (C=O) groups excluding carboxylic acids is 11. The van der Waals surface area contributed by atoms with Gasteiger partial charge in [-0.1, -0.05) is 54.0 Å². The monoisotopic (exact) mass is 1210 g/mol. The number of phenols is 1. The van der Waals surface area contributed by atoms with Gasteiger partial charge in [-0.3, -0.25) is 53.3 Å². The van der Waals surface area contributed by atoms with Crippen LogP contribution in [0.3, 0.4) is 0 Å². The molecule has 0 spiro atoms. The fourth-order valence-electron chi connectivity index (χ4n) is 9.49. The number of phenolic OH excluding ortho intramolecular Hbond substituents is 1. The van der Waals surface area contributed by atoms with Crippen molar-refractivity contribution < 1.29 is 83.1 Å². The summed E-state index contributed by atoms with van der Waals surface area (Å²) in [6.45, 7) is 3.11. The molecule has 0 aromatic heterocycles. The first-order valence-electron chi connectivity index (χ1n) is 27.6. The van der Waals surface area contributed by atoms with Gasteiger partial charge in [0.2, 0.25) is 59.1 Å². The molecule has 4 rings (SSSR count). The van der Waals surface area contributed by atoms with Gasteiger partial charge in [-0.15, -0.1) is 0 Å². The van der Waals surface area contributed by atoms with E-state index in [2.05, 4.69) is 42.5 Å². The van der Waals surface area contributed by atoms with Gasteiger partial charge in [-0.25, -0.2) is 4.79 Å². The largest absolute Gasteiger partial charge is 0.508 e. The van der Waals surface area contributed by atoms with Crippen LogP contribution in [-0.2, 0) is 64.0 Å². The second kappa shape index (κ2) is 34.2. The summed E-state index contributed by atoms with van der Waals surface area (Å²) >= 11 is 0. The number of nitrogens with zero attached hydrogens (tertiary/aromatic N) is 2. The van der Waals surface area contributed by atoms with E-state index in [0.717, 1.165) is 28.5 Å². The topological polar surface area (TPSA) is 461 Å². The first-order valence-corrected chi connectivity index (χ1v) is 30.1. The van der Waals surface area contributed by atoms with Crippen LogP contribution in [0.1, 0.15) is 90.5 Å². The quantitative estimate of drug-likeness (QED) is 0.0331.